The fraction of sp³-hybridized carbons (Fsp3) is 0.217. The minimum atomic E-state index is -0.328. The number of nitrogens with one attached hydrogen (secondary N) is 2. The molecule has 0 fully saturated rings. The summed E-state index contributed by atoms with van der Waals surface area (Å²) in [7, 11) is 1.56. The number of methoxy groups -OCH3 is 1. The molecule has 0 spiro atoms. The molecule has 7 heteroatoms. The Balaban J connectivity index is 1.68. The number of benzene rings is 2. The van der Waals surface area contributed by atoms with Crippen LogP contribution in [-0.4, -0.2) is 18.9 Å². The highest BCUT2D eigenvalue weighted by Crippen LogP contribution is 2.39. The minimum absolute atomic E-state index is 0.256. The van der Waals surface area contributed by atoms with Gasteiger partial charge in [-0.2, -0.15) is 0 Å². The van der Waals surface area contributed by atoms with Crippen molar-refractivity contribution in [2.75, 3.05) is 17.7 Å². The molecule has 1 aliphatic carbocycles. The summed E-state index contributed by atoms with van der Waals surface area (Å²) in [6, 6.07) is 14.1. The molecule has 0 atom stereocenters. The lowest BCUT2D eigenvalue weighted by Crippen LogP contribution is -2.19. The Bertz CT molecular complexity index is 1110. The summed E-state index contributed by atoms with van der Waals surface area (Å²) in [5.41, 5.74) is 2.51. The molecule has 2 N–H and O–H groups in total. The van der Waals surface area contributed by atoms with E-state index in [-0.39, 0.29) is 11.8 Å². The molecule has 2 aromatic carbocycles. The highest BCUT2D eigenvalue weighted by Gasteiger charge is 2.27. The van der Waals surface area contributed by atoms with Crippen molar-refractivity contribution in [2.24, 2.45) is 0 Å². The molecular weight excluding hydrogens is 420 g/mol. The summed E-state index contributed by atoms with van der Waals surface area (Å²) in [6.07, 6.45) is 3.84. The first kappa shape index (κ1) is 20.4. The second-order valence-electron chi connectivity index (χ2n) is 7.00. The Morgan fingerprint density at radius 3 is 2.50 bits per heavy atom. The Morgan fingerprint density at radius 1 is 0.967 bits per heavy atom. The van der Waals surface area contributed by atoms with Crippen molar-refractivity contribution in [1.29, 1.82) is 0 Å². The summed E-state index contributed by atoms with van der Waals surface area (Å²) in [5, 5.41) is 6.79. The predicted molar refractivity (Wildman–Crippen MR) is 121 cm³/mol. The lowest BCUT2D eigenvalue weighted by molar-refractivity contribution is 0.102. The van der Waals surface area contributed by atoms with Crippen molar-refractivity contribution >= 4 is 45.4 Å². The van der Waals surface area contributed by atoms with Gasteiger partial charge < -0.3 is 15.4 Å². The first-order valence-corrected chi connectivity index (χ1v) is 10.9. The van der Waals surface area contributed by atoms with Gasteiger partial charge in [-0.05, 0) is 55.5 Å². The molecule has 30 heavy (non-hydrogen) atoms. The van der Waals surface area contributed by atoms with Crippen LogP contribution >= 0.6 is 22.9 Å². The van der Waals surface area contributed by atoms with Gasteiger partial charge in [0.15, 0.2) is 0 Å². The van der Waals surface area contributed by atoms with Gasteiger partial charge in [-0.25, -0.2) is 0 Å². The molecule has 0 bridgehead atoms. The normalized spacial score (nSPS) is 12.7. The summed E-state index contributed by atoms with van der Waals surface area (Å²) in [5.74, 6) is -0.00417. The Labute approximate surface area is 184 Å². The van der Waals surface area contributed by atoms with Crippen molar-refractivity contribution in [3.05, 3.63) is 75.1 Å². The number of carbonyl (C=O) groups excluding carboxylic acids is 2. The van der Waals surface area contributed by atoms with Crippen LogP contribution < -0.4 is 15.4 Å². The third-order valence-electron chi connectivity index (χ3n) is 5.10. The monoisotopic (exact) mass is 440 g/mol. The fourth-order valence-corrected chi connectivity index (χ4v) is 5.15. The molecule has 154 valence electrons. The van der Waals surface area contributed by atoms with Gasteiger partial charge in [-0.1, -0.05) is 35.9 Å². The SMILES string of the molecule is COc1ccccc1NC(=O)c1c(NC(=O)c2ccccc2Cl)sc2c1CCCC2. The average molecular weight is 441 g/mol. The van der Waals surface area contributed by atoms with E-state index in [0.29, 0.717) is 32.6 Å². The topological polar surface area (TPSA) is 67.4 Å². The molecule has 0 aliphatic heterocycles. The van der Waals surface area contributed by atoms with Crippen LogP contribution in [0, 0.1) is 0 Å². The molecule has 0 saturated carbocycles. The first-order valence-electron chi connectivity index (χ1n) is 9.73. The standard InChI is InChI=1S/C23H21ClN2O3S/c1-29-18-12-6-5-11-17(18)25-22(28)20-15-9-3-7-13-19(15)30-23(20)26-21(27)14-8-2-4-10-16(14)24/h2,4-6,8,10-12H,3,7,9,13H2,1H3,(H,25,28)(H,26,27). The van der Waals surface area contributed by atoms with Gasteiger partial charge >= 0.3 is 0 Å². The number of thiophene rings is 1. The zero-order valence-corrected chi connectivity index (χ0v) is 18.0. The van der Waals surface area contributed by atoms with Crippen LogP contribution in [-0.2, 0) is 12.8 Å². The van der Waals surface area contributed by atoms with Crippen molar-refractivity contribution in [2.45, 2.75) is 25.7 Å². The van der Waals surface area contributed by atoms with E-state index in [1.807, 2.05) is 12.1 Å². The van der Waals surface area contributed by atoms with Crippen LogP contribution in [0.1, 0.15) is 44.0 Å². The van der Waals surface area contributed by atoms with E-state index in [9.17, 15) is 9.59 Å². The number of aryl methyl sites for hydroxylation is 1. The molecule has 0 unspecified atom stereocenters. The maximum atomic E-state index is 13.3. The fourth-order valence-electron chi connectivity index (χ4n) is 3.64. The smallest absolute Gasteiger partial charge is 0.259 e. The van der Waals surface area contributed by atoms with E-state index in [2.05, 4.69) is 10.6 Å². The first-order chi connectivity index (χ1) is 14.6. The summed E-state index contributed by atoms with van der Waals surface area (Å²) in [4.78, 5) is 27.3. The quantitative estimate of drug-likeness (QED) is 0.527. The molecule has 1 aliphatic rings. The summed E-state index contributed by atoms with van der Waals surface area (Å²) < 4.78 is 5.35. The van der Waals surface area contributed by atoms with Gasteiger partial charge in [0.2, 0.25) is 0 Å². The Kier molecular flexibility index (Phi) is 6.06. The second kappa shape index (κ2) is 8.90. The van der Waals surface area contributed by atoms with Gasteiger partial charge in [-0.15, -0.1) is 11.3 Å². The van der Waals surface area contributed by atoms with Gasteiger partial charge in [0.05, 0.1) is 28.9 Å². The van der Waals surface area contributed by atoms with Crippen LogP contribution in [0.3, 0.4) is 0 Å². The number of para-hydroxylation sites is 2. The van der Waals surface area contributed by atoms with E-state index < -0.39 is 0 Å². The van der Waals surface area contributed by atoms with E-state index >= 15 is 0 Å². The van der Waals surface area contributed by atoms with Crippen LogP contribution in [0.4, 0.5) is 10.7 Å². The lowest BCUT2D eigenvalue weighted by atomic mass is 9.95. The third-order valence-corrected chi connectivity index (χ3v) is 6.64. The second-order valence-corrected chi connectivity index (χ2v) is 8.52. The molecule has 3 aromatic rings. The number of rotatable bonds is 5. The van der Waals surface area contributed by atoms with E-state index in [1.54, 1.807) is 43.5 Å². The number of ether oxygens (including phenoxy) is 1. The summed E-state index contributed by atoms with van der Waals surface area (Å²) in [6.45, 7) is 0. The Morgan fingerprint density at radius 2 is 1.70 bits per heavy atom. The van der Waals surface area contributed by atoms with Crippen LogP contribution in [0.25, 0.3) is 0 Å². The molecule has 0 radical (unpaired) electrons. The summed E-state index contributed by atoms with van der Waals surface area (Å²) >= 11 is 7.65. The van der Waals surface area contributed by atoms with Crippen molar-refractivity contribution < 1.29 is 14.3 Å². The number of carbonyl (C=O) groups is 2. The number of halogens is 1. The maximum Gasteiger partial charge on any atom is 0.259 e. The molecule has 5 nitrogen and oxygen atoms in total. The van der Waals surface area contributed by atoms with Crippen LogP contribution in [0.5, 0.6) is 5.75 Å². The molecule has 1 heterocycles. The van der Waals surface area contributed by atoms with Gasteiger partial charge in [0.1, 0.15) is 10.8 Å². The molecule has 1 aromatic heterocycles. The maximum absolute atomic E-state index is 13.3. The highest BCUT2D eigenvalue weighted by molar-refractivity contribution is 7.17. The van der Waals surface area contributed by atoms with Crippen LogP contribution in [0.15, 0.2) is 48.5 Å². The molecule has 2 amide bonds. The average Bonchev–Trinajstić information content (AvgIpc) is 3.12. The lowest BCUT2D eigenvalue weighted by Gasteiger charge is -2.14. The van der Waals surface area contributed by atoms with Gasteiger partial charge in [0, 0.05) is 4.88 Å². The number of amides is 2. The van der Waals surface area contributed by atoms with Crippen molar-refractivity contribution in [1.82, 2.24) is 0 Å². The zero-order valence-electron chi connectivity index (χ0n) is 16.5. The third kappa shape index (κ3) is 4.06. The minimum Gasteiger partial charge on any atom is -0.495 e. The number of hydrogen-bond donors (Lipinski definition) is 2. The van der Waals surface area contributed by atoms with Crippen molar-refractivity contribution in [3.8, 4) is 5.75 Å². The number of hydrogen-bond acceptors (Lipinski definition) is 4. The highest BCUT2D eigenvalue weighted by atomic mass is 35.5. The van der Waals surface area contributed by atoms with E-state index in [0.717, 1.165) is 36.1 Å². The molecular formula is C23H21ClN2O3S. The largest absolute Gasteiger partial charge is 0.495 e. The number of fused-ring (bicyclic) bond motifs is 1. The molecule has 0 saturated heterocycles. The predicted octanol–water partition coefficient (Wildman–Crippen LogP) is 5.79. The number of anilines is 2. The van der Waals surface area contributed by atoms with Gasteiger partial charge in [-0.3, -0.25) is 9.59 Å². The van der Waals surface area contributed by atoms with Crippen molar-refractivity contribution in [3.63, 3.8) is 0 Å². The molecule has 4 rings (SSSR count). The van der Waals surface area contributed by atoms with E-state index in [1.165, 1.54) is 11.3 Å². The Hall–Kier alpha value is -2.83. The van der Waals surface area contributed by atoms with E-state index in [4.69, 9.17) is 16.3 Å². The zero-order chi connectivity index (χ0) is 21.1. The van der Waals surface area contributed by atoms with Crippen LogP contribution in [0.2, 0.25) is 5.02 Å². The van der Waals surface area contributed by atoms with Gasteiger partial charge in [0.25, 0.3) is 11.8 Å².